The molecule has 0 unspecified atom stereocenters. The first-order chi connectivity index (χ1) is 8.70. The first kappa shape index (κ1) is 14.0. The summed E-state index contributed by atoms with van der Waals surface area (Å²) in [4.78, 5) is 0. The number of hydrogen-bond donors (Lipinski definition) is 1. The fourth-order valence-corrected chi connectivity index (χ4v) is 3.50. The Kier molecular flexibility index (Phi) is 5.13. The van der Waals surface area contributed by atoms with Gasteiger partial charge in [-0.1, -0.05) is 18.2 Å². The average molecular weight is 263 g/mol. The molecule has 1 N–H and O–H groups in total. The molecule has 1 aliphatic carbocycles. The molecule has 0 aliphatic heterocycles. The van der Waals surface area contributed by atoms with E-state index in [9.17, 15) is 0 Å². The molecule has 0 aromatic heterocycles. The van der Waals surface area contributed by atoms with Gasteiger partial charge in [0.1, 0.15) is 0 Å². The largest absolute Gasteiger partial charge is 0.310 e. The monoisotopic (exact) mass is 263 g/mol. The maximum absolute atomic E-state index is 3.74. The Hall–Kier alpha value is -0.470. The average Bonchev–Trinajstić information content (AvgIpc) is 2.41. The van der Waals surface area contributed by atoms with Crippen molar-refractivity contribution in [2.45, 2.75) is 57.4 Å². The van der Waals surface area contributed by atoms with Gasteiger partial charge in [-0.15, -0.1) is 0 Å². The van der Waals surface area contributed by atoms with Crippen LogP contribution in [0, 0.1) is 13.8 Å². The van der Waals surface area contributed by atoms with E-state index in [2.05, 4.69) is 43.6 Å². The molecule has 2 heteroatoms. The standard InChI is InChI=1S/C16H25NS/c1-12-5-4-6-14(13(12)2)11-17-15-7-9-16(18-3)10-8-15/h4-6,15-17H,7-11H2,1-3H3. The predicted octanol–water partition coefficient (Wildman–Crippen LogP) is 4.07. The molecule has 1 aromatic rings. The molecule has 1 saturated carbocycles. The van der Waals surface area contributed by atoms with Crippen molar-refractivity contribution in [3.8, 4) is 0 Å². The lowest BCUT2D eigenvalue weighted by Crippen LogP contribution is -2.33. The highest BCUT2D eigenvalue weighted by molar-refractivity contribution is 7.99. The van der Waals surface area contributed by atoms with Crippen LogP contribution in [0.5, 0.6) is 0 Å². The van der Waals surface area contributed by atoms with E-state index in [1.54, 1.807) is 0 Å². The van der Waals surface area contributed by atoms with Gasteiger partial charge in [0.25, 0.3) is 0 Å². The van der Waals surface area contributed by atoms with Gasteiger partial charge in [-0.05, 0) is 62.5 Å². The highest BCUT2D eigenvalue weighted by Crippen LogP contribution is 2.27. The molecule has 0 amide bonds. The summed E-state index contributed by atoms with van der Waals surface area (Å²) in [6.07, 6.45) is 7.69. The maximum atomic E-state index is 3.74. The van der Waals surface area contributed by atoms with E-state index in [1.165, 1.54) is 42.4 Å². The Labute approximate surface area is 116 Å². The molecule has 18 heavy (non-hydrogen) atoms. The molecule has 0 saturated heterocycles. The zero-order valence-electron chi connectivity index (χ0n) is 11.8. The van der Waals surface area contributed by atoms with Crippen LogP contribution < -0.4 is 5.32 Å². The Morgan fingerprint density at radius 2 is 1.89 bits per heavy atom. The van der Waals surface area contributed by atoms with Crippen LogP contribution in [0.2, 0.25) is 0 Å². The van der Waals surface area contributed by atoms with Gasteiger partial charge in [-0.3, -0.25) is 0 Å². The van der Waals surface area contributed by atoms with Crippen LogP contribution in [-0.4, -0.2) is 17.5 Å². The first-order valence-electron chi connectivity index (χ1n) is 7.02. The van der Waals surface area contributed by atoms with E-state index in [1.807, 2.05) is 11.8 Å². The first-order valence-corrected chi connectivity index (χ1v) is 8.30. The lowest BCUT2D eigenvalue weighted by Gasteiger charge is -2.28. The molecular formula is C16H25NS. The minimum atomic E-state index is 0.730. The molecule has 0 heterocycles. The van der Waals surface area contributed by atoms with Crippen LogP contribution in [0.3, 0.4) is 0 Å². The third-order valence-corrected chi connectivity index (χ3v) is 5.44. The van der Waals surface area contributed by atoms with Gasteiger partial charge in [0, 0.05) is 17.8 Å². The van der Waals surface area contributed by atoms with Gasteiger partial charge in [-0.2, -0.15) is 11.8 Å². The Morgan fingerprint density at radius 3 is 2.56 bits per heavy atom. The van der Waals surface area contributed by atoms with Crippen molar-refractivity contribution in [3.05, 3.63) is 34.9 Å². The number of rotatable bonds is 4. The smallest absolute Gasteiger partial charge is 0.0210 e. The molecule has 0 spiro atoms. The Bertz CT molecular complexity index is 381. The third-order valence-electron chi connectivity index (χ3n) is 4.31. The SMILES string of the molecule is CSC1CCC(NCc2cccc(C)c2C)CC1. The van der Waals surface area contributed by atoms with E-state index in [-0.39, 0.29) is 0 Å². The molecule has 2 rings (SSSR count). The summed E-state index contributed by atoms with van der Waals surface area (Å²) in [5.74, 6) is 0. The molecule has 0 radical (unpaired) electrons. The number of thioether (sulfide) groups is 1. The molecule has 1 aromatic carbocycles. The van der Waals surface area contributed by atoms with E-state index in [0.29, 0.717) is 0 Å². The lowest BCUT2D eigenvalue weighted by molar-refractivity contribution is 0.378. The minimum Gasteiger partial charge on any atom is -0.310 e. The predicted molar refractivity (Wildman–Crippen MR) is 82.3 cm³/mol. The minimum absolute atomic E-state index is 0.730. The molecule has 0 atom stereocenters. The summed E-state index contributed by atoms with van der Waals surface area (Å²) in [5, 5.41) is 4.65. The summed E-state index contributed by atoms with van der Waals surface area (Å²) in [6, 6.07) is 7.35. The van der Waals surface area contributed by atoms with Gasteiger partial charge in [0.2, 0.25) is 0 Å². The number of aryl methyl sites for hydroxylation is 1. The molecular weight excluding hydrogens is 238 g/mol. The number of benzene rings is 1. The van der Waals surface area contributed by atoms with Gasteiger partial charge in [0.15, 0.2) is 0 Å². The molecule has 100 valence electrons. The Balaban J connectivity index is 1.83. The third kappa shape index (κ3) is 3.52. The quantitative estimate of drug-likeness (QED) is 0.879. The van der Waals surface area contributed by atoms with E-state index in [4.69, 9.17) is 0 Å². The van der Waals surface area contributed by atoms with E-state index < -0.39 is 0 Å². The van der Waals surface area contributed by atoms with E-state index >= 15 is 0 Å². The van der Waals surface area contributed by atoms with Crippen LogP contribution in [-0.2, 0) is 6.54 Å². The van der Waals surface area contributed by atoms with Gasteiger partial charge < -0.3 is 5.32 Å². The van der Waals surface area contributed by atoms with Crippen molar-refractivity contribution < 1.29 is 0 Å². The van der Waals surface area contributed by atoms with Crippen LogP contribution in [0.15, 0.2) is 18.2 Å². The summed E-state index contributed by atoms with van der Waals surface area (Å²) in [7, 11) is 0. The second-order valence-electron chi connectivity index (χ2n) is 5.45. The Morgan fingerprint density at radius 1 is 1.17 bits per heavy atom. The van der Waals surface area contributed by atoms with Crippen LogP contribution >= 0.6 is 11.8 Å². The zero-order chi connectivity index (χ0) is 13.0. The van der Waals surface area contributed by atoms with Crippen molar-refractivity contribution in [1.82, 2.24) is 5.32 Å². The van der Waals surface area contributed by atoms with Crippen molar-refractivity contribution >= 4 is 11.8 Å². The number of hydrogen-bond acceptors (Lipinski definition) is 2. The van der Waals surface area contributed by atoms with Crippen molar-refractivity contribution in [1.29, 1.82) is 0 Å². The normalized spacial score (nSPS) is 24.2. The van der Waals surface area contributed by atoms with Crippen LogP contribution in [0.4, 0.5) is 0 Å². The van der Waals surface area contributed by atoms with Crippen molar-refractivity contribution in [2.75, 3.05) is 6.26 Å². The van der Waals surface area contributed by atoms with Crippen LogP contribution in [0.1, 0.15) is 42.4 Å². The fraction of sp³-hybridized carbons (Fsp3) is 0.625. The molecule has 0 bridgehead atoms. The van der Waals surface area contributed by atoms with E-state index in [0.717, 1.165) is 17.8 Å². The topological polar surface area (TPSA) is 12.0 Å². The second kappa shape index (κ2) is 6.63. The van der Waals surface area contributed by atoms with Crippen molar-refractivity contribution in [2.24, 2.45) is 0 Å². The number of nitrogens with one attached hydrogen (secondary N) is 1. The summed E-state index contributed by atoms with van der Waals surface area (Å²) < 4.78 is 0. The second-order valence-corrected chi connectivity index (χ2v) is 6.59. The summed E-state index contributed by atoms with van der Waals surface area (Å²) >= 11 is 2.04. The highest BCUT2D eigenvalue weighted by atomic mass is 32.2. The maximum Gasteiger partial charge on any atom is 0.0210 e. The fourth-order valence-electron chi connectivity index (χ4n) is 2.76. The molecule has 1 aliphatic rings. The molecule has 1 fully saturated rings. The summed E-state index contributed by atoms with van der Waals surface area (Å²) in [6.45, 7) is 5.46. The van der Waals surface area contributed by atoms with Gasteiger partial charge >= 0.3 is 0 Å². The highest BCUT2D eigenvalue weighted by Gasteiger charge is 2.19. The summed E-state index contributed by atoms with van der Waals surface area (Å²) in [5.41, 5.74) is 4.31. The van der Waals surface area contributed by atoms with Gasteiger partial charge in [-0.25, -0.2) is 0 Å². The molecule has 1 nitrogen and oxygen atoms in total. The van der Waals surface area contributed by atoms with Crippen molar-refractivity contribution in [3.63, 3.8) is 0 Å². The van der Waals surface area contributed by atoms with Gasteiger partial charge in [0.05, 0.1) is 0 Å². The zero-order valence-corrected chi connectivity index (χ0v) is 12.6. The van der Waals surface area contributed by atoms with Crippen LogP contribution in [0.25, 0.3) is 0 Å². The lowest BCUT2D eigenvalue weighted by atomic mass is 9.94.